The van der Waals surface area contributed by atoms with Crippen molar-refractivity contribution < 1.29 is 4.79 Å². The van der Waals surface area contributed by atoms with Gasteiger partial charge in [-0.2, -0.15) is 0 Å². The van der Waals surface area contributed by atoms with Crippen LogP contribution in [-0.4, -0.2) is 25.5 Å². The highest BCUT2D eigenvalue weighted by atomic mass is 32.1. The van der Waals surface area contributed by atoms with E-state index >= 15 is 0 Å². The average molecular weight is 281 g/mol. The van der Waals surface area contributed by atoms with Gasteiger partial charge in [-0.05, 0) is 25.8 Å². The fourth-order valence-electron chi connectivity index (χ4n) is 2.43. The molecule has 1 aromatic rings. The molecule has 3 N–H and O–H groups in total. The molecule has 1 aliphatic rings. The smallest absolute Gasteiger partial charge is 0.263 e. The van der Waals surface area contributed by atoms with Crippen molar-refractivity contribution >= 4 is 27.9 Å². The van der Waals surface area contributed by atoms with Crippen molar-refractivity contribution in [2.24, 2.45) is 0 Å². The van der Waals surface area contributed by atoms with Crippen LogP contribution in [0.4, 0.5) is 10.7 Å². The standard InChI is InChI=1S/C14H23N3OS/c1-2-16-14(18)13-11(15)10-12(19-13)17-8-6-4-3-5-7-9-17/h10H,2-9,15H2,1H3,(H,16,18). The lowest BCUT2D eigenvalue weighted by Gasteiger charge is -2.25. The number of nitrogen functional groups attached to an aromatic ring is 1. The molecule has 0 aliphatic carbocycles. The van der Waals surface area contributed by atoms with Gasteiger partial charge < -0.3 is 16.0 Å². The summed E-state index contributed by atoms with van der Waals surface area (Å²) < 4.78 is 0. The van der Waals surface area contributed by atoms with Crippen LogP contribution in [0.3, 0.4) is 0 Å². The van der Waals surface area contributed by atoms with Crippen molar-refractivity contribution in [1.82, 2.24) is 5.32 Å². The van der Waals surface area contributed by atoms with Crippen molar-refractivity contribution in [2.45, 2.75) is 39.0 Å². The number of hydrogen-bond donors (Lipinski definition) is 2. The summed E-state index contributed by atoms with van der Waals surface area (Å²) in [4.78, 5) is 14.9. The predicted molar refractivity (Wildman–Crippen MR) is 82.0 cm³/mol. The highest BCUT2D eigenvalue weighted by molar-refractivity contribution is 7.18. The summed E-state index contributed by atoms with van der Waals surface area (Å²) >= 11 is 1.52. The van der Waals surface area contributed by atoms with Crippen LogP contribution in [0.2, 0.25) is 0 Å². The lowest BCUT2D eigenvalue weighted by molar-refractivity contribution is 0.0960. The summed E-state index contributed by atoms with van der Waals surface area (Å²) in [5, 5.41) is 3.95. The van der Waals surface area contributed by atoms with Gasteiger partial charge in [-0.25, -0.2) is 0 Å². The van der Waals surface area contributed by atoms with E-state index in [2.05, 4.69) is 10.2 Å². The molecule has 5 heteroatoms. The van der Waals surface area contributed by atoms with Crippen LogP contribution < -0.4 is 16.0 Å². The van der Waals surface area contributed by atoms with E-state index in [4.69, 9.17) is 5.73 Å². The molecular formula is C14H23N3OS. The Morgan fingerprint density at radius 1 is 1.32 bits per heavy atom. The van der Waals surface area contributed by atoms with Crippen molar-refractivity contribution in [2.75, 3.05) is 30.3 Å². The Balaban J connectivity index is 2.11. The lowest BCUT2D eigenvalue weighted by Crippen LogP contribution is -2.26. The molecule has 2 rings (SSSR count). The van der Waals surface area contributed by atoms with Gasteiger partial charge in [0.25, 0.3) is 5.91 Å². The molecule has 4 nitrogen and oxygen atoms in total. The van der Waals surface area contributed by atoms with Crippen LogP contribution >= 0.6 is 11.3 Å². The molecular weight excluding hydrogens is 258 g/mol. The summed E-state index contributed by atoms with van der Waals surface area (Å²) in [6.45, 7) is 4.71. The van der Waals surface area contributed by atoms with E-state index in [1.54, 1.807) is 0 Å². The topological polar surface area (TPSA) is 58.4 Å². The van der Waals surface area contributed by atoms with E-state index < -0.39 is 0 Å². The minimum Gasteiger partial charge on any atom is -0.397 e. The summed E-state index contributed by atoms with van der Waals surface area (Å²) in [7, 11) is 0. The number of amides is 1. The number of anilines is 2. The zero-order valence-electron chi connectivity index (χ0n) is 11.6. The van der Waals surface area contributed by atoms with Crippen molar-refractivity contribution in [3.05, 3.63) is 10.9 Å². The summed E-state index contributed by atoms with van der Waals surface area (Å²) in [6.07, 6.45) is 6.42. The van der Waals surface area contributed by atoms with E-state index in [1.807, 2.05) is 13.0 Å². The summed E-state index contributed by atoms with van der Waals surface area (Å²) in [5.74, 6) is -0.0525. The molecule has 0 radical (unpaired) electrons. The Morgan fingerprint density at radius 2 is 1.95 bits per heavy atom. The fourth-order valence-corrected chi connectivity index (χ4v) is 3.48. The van der Waals surface area contributed by atoms with E-state index in [9.17, 15) is 4.79 Å². The minimum absolute atomic E-state index is 0.0525. The second kappa shape index (κ2) is 6.80. The predicted octanol–water partition coefficient (Wildman–Crippen LogP) is 2.85. The normalized spacial score (nSPS) is 16.8. The molecule has 1 saturated heterocycles. The van der Waals surface area contributed by atoms with Gasteiger partial charge in [-0.1, -0.05) is 19.3 Å². The van der Waals surface area contributed by atoms with Crippen molar-refractivity contribution in [3.8, 4) is 0 Å². The van der Waals surface area contributed by atoms with Gasteiger partial charge in [-0.15, -0.1) is 11.3 Å². The Kier molecular flexibility index (Phi) is 5.07. The summed E-state index contributed by atoms with van der Waals surface area (Å²) in [5.41, 5.74) is 6.58. The summed E-state index contributed by atoms with van der Waals surface area (Å²) in [6, 6.07) is 1.96. The molecule has 0 bridgehead atoms. The Hall–Kier alpha value is -1.23. The molecule has 19 heavy (non-hydrogen) atoms. The molecule has 1 aliphatic heterocycles. The molecule has 0 saturated carbocycles. The third-order valence-electron chi connectivity index (χ3n) is 3.46. The highest BCUT2D eigenvalue weighted by Crippen LogP contribution is 2.33. The first kappa shape index (κ1) is 14.2. The molecule has 0 unspecified atom stereocenters. The molecule has 0 spiro atoms. The molecule has 1 fully saturated rings. The number of nitrogens with zero attached hydrogens (tertiary/aromatic N) is 1. The number of rotatable bonds is 3. The quantitative estimate of drug-likeness (QED) is 0.895. The van der Waals surface area contributed by atoms with Crippen LogP contribution in [-0.2, 0) is 0 Å². The Morgan fingerprint density at radius 3 is 2.58 bits per heavy atom. The molecule has 1 aromatic heterocycles. The van der Waals surface area contributed by atoms with Gasteiger partial charge in [0.05, 0.1) is 10.7 Å². The second-order valence-electron chi connectivity index (χ2n) is 4.98. The van der Waals surface area contributed by atoms with Gasteiger partial charge in [0, 0.05) is 19.6 Å². The zero-order valence-corrected chi connectivity index (χ0v) is 12.4. The van der Waals surface area contributed by atoms with Gasteiger partial charge >= 0.3 is 0 Å². The van der Waals surface area contributed by atoms with Crippen LogP contribution in [0, 0.1) is 0 Å². The fraction of sp³-hybridized carbons (Fsp3) is 0.643. The molecule has 0 aromatic carbocycles. The van der Waals surface area contributed by atoms with Crippen molar-refractivity contribution in [3.63, 3.8) is 0 Å². The van der Waals surface area contributed by atoms with E-state index in [0.717, 1.165) is 18.1 Å². The van der Waals surface area contributed by atoms with Gasteiger partial charge in [0.15, 0.2) is 0 Å². The van der Waals surface area contributed by atoms with E-state index in [-0.39, 0.29) is 5.91 Å². The van der Waals surface area contributed by atoms with Crippen LogP contribution in [0.15, 0.2) is 6.07 Å². The number of nitrogens with two attached hydrogens (primary N) is 1. The number of carbonyl (C=O) groups is 1. The molecule has 0 atom stereocenters. The first-order chi connectivity index (χ1) is 9.22. The number of carbonyl (C=O) groups excluding carboxylic acids is 1. The van der Waals surface area contributed by atoms with Gasteiger partial charge in [-0.3, -0.25) is 4.79 Å². The highest BCUT2D eigenvalue weighted by Gasteiger charge is 2.17. The zero-order chi connectivity index (χ0) is 13.7. The maximum absolute atomic E-state index is 11.9. The van der Waals surface area contributed by atoms with E-state index in [0.29, 0.717) is 17.1 Å². The van der Waals surface area contributed by atoms with Crippen molar-refractivity contribution in [1.29, 1.82) is 0 Å². The van der Waals surface area contributed by atoms with Gasteiger partial charge in [0.1, 0.15) is 4.88 Å². The molecule has 2 heterocycles. The number of nitrogens with one attached hydrogen (secondary N) is 1. The Labute approximate surface area is 119 Å². The number of hydrogen-bond acceptors (Lipinski definition) is 4. The third kappa shape index (κ3) is 3.62. The van der Waals surface area contributed by atoms with E-state index in [1.165, 1.54) is 43.4 Å². The number of thiophene rings is 1. The second-order valence-corrected chi connectivity index (χ2v) is 6.01. The maximum Gasteiger partial charge on any atom is 0.263 e. The van der Waals surface area contributed by atoms with Gasteiger partial charge in [0.2, 0.25) is 0 Å². The maximum atomic E-state index is 11.9. The van der Waals surface area contributed by atoms with Crippen LogP contribution in [0.25, 0.3) is 0 Å². The molecule has 106 valence electrons. The Bertz CT molecular complexity index is 422. The third-order valence-corrected chi connectivity index (χ3v) is 4.67. The first-order valence-electron chi connectivity index (χ1n) is 7.15. The SMILES string of the molecule is CCNC(=O)c1sc(N2CCCCCCC2)cc1N. The average Bonchev–Trinajstić information content (AvgIpc) is 2.71. The lowest BCUT2D eigenvalue weighted by atomic mass is 10.1. The molecule has 1 amide bonds. The first-order valence-corrected chi connectivity index (χ1v) is 7.96. The minimum atomic E-state index is -0.0525. The van der Waals surface area contributed by atoms with Crippen LogP contribution in [0.1, 0.15) is 48.7 Å². The largest absolute Gasteiger partial charge is 0.397 e. The monoisotopic (exact) mass is 281 g/mol. The van der Waals surface area contributed by atoms with Crippen LogP contribution in [0.5, 0.6) is 0 Å².